The third-order valence-electron chi connectivity index (χ3n) is 5.93. The van der Waals surface area contributed by atoms with E-state index in [-0.39, 0.29) is 17.7 Å². The first-order valence-corrected chi connectivity index (χ1v) is 11.1. The Hall–Kier alpha value is -2.99. The predicted molar refractivity (Wildman–Crippen MR) is 127 cm³/mol. The molecule has 1 fully saturated rings. The van der Waals surface area contributed by atoms with Gasteiger partial charge in [0.2, 0.25) is 5.91 Å². The summed E-state index contributed by atoms with van der Waals surface area (Å²) < 4.78 is 5.19. The fraction of sp³-hybridized carbons (Fsp3) is 0.360. The van der Waals surface area contributed by atoms with E-state index < -0.39 is 5.97 Å². The number of aryl methyl sites for hydroxylation is 1. The van der Waals surface area contributed by atoms with Crippen LogP contribution in [-0.4, -0.2) is 24.1 Å². The number of hydrogen-bond donors (Lipinski definition) is 3. The summed E-state index contributed by atoms with van der Waals surface area (Å²) in [7, 11) is 1.58. The van der Waals surface area contributed by atoms with Crippen molar-refractivity contribution in [2.75, 3.05) is 12.4 Å². The number of carbonyl (C=O) groups is 2. The van der Waals surface area contributed by atoms with Gasteiger partial charge < -0.3 is 20.5 Å². The summed E-state index contributed by atoms with van der Waals surface area (Å²) in [6.45, 7) is 6.66. The molecule has 1 aliphatic carbocycles. The molecule has 1 aliphatic rings. The summed E-state index contributed by atoms with van der Waals surface area (Å²) in [6.07, 6.45) is 2.24. The first-order valence-electron chi connectivity index (χ1n) is 10.7. The smallest absolute Gasteiger partial charge is 0.306 e. The quantitative estimate of drug-likeness (QED) is 0.505. The Labute approximate surface area is 193 Å². The summed E-state index contributed by atoms with van der Waals surface area (Å²) in [6, 6.07) is 11.4. The molecular weight excluding hydrogens is 428 g/mol. The topological polar surface area (TPSA) is 87.7 Å². The number of carboxylic acid groups (broad SMARTS) is 1. The van der Waals surface area contributed by atoms with E-state index >= 15 is 0 Å². The summed E-state index contributed by atoms with van der Waals surface area (Å²) in [4.78, 5) is 24.0. The zero-order valence-corrected chi connectivity index (χ0v) is 19.2. The molecule has 3 N–H and O–H groups in total. The molecule has 0 atom stereocenters. The Morgan fingerprint density at radius 1 is 1.12 bits per heavy atom. The van der Waals surface area contributed by atoms with Crippen LogP contribution in [0.5, 0.6) is 5.75 Å². The van der Waals surface area contributed by atoms with E-state index in [0.29, 0.717) is 54.4 Å². The molecular formula is C25H29ClN2O4. The minimum Gasteiger partial charge on any atom is -0.495 e. The molecule has 2 aromatic carbocycles. The van der Waals surface area contributed by atoms with Gasteiger partial charge >= 0.3 is 5.97 Å². The van der Waals surface area contributed by atoms with E-state index in [2.05, 4.69) is 17.2 Å². The van der Waals surface area contributed by atoms with E-state index in [0.717, 1.165) is 16.7 Å². The molecule has 0 radical (unpaired) electrons. The Bertz CT molecular complexity index is 1010. The second-order valence-corrected chi connectivity index (χ2v) is 8.63. The lowest BCUT2D eigenvalue weighted by Gasteiger charge is -2.26. The lowest BCUT2D eigenvalue weighted by molar-refractivity contribution is -0.143. The lowest BCUT2D eigenvalue weighted by atomic mass is 9.81. The monoisotopic (exact) mass is 456 g/mol. The summed E-state index contributed by atoms with van der Waals surface area (Å²) >= 11 is 6.21. The molecule has 2 aromatic rings. The highest BCUT2D eigenvalue weighted by molar-refractivity contribution is 6.32. The lowest BCUT2D eigenvalue weighted by Crippen LogP contribution is -2.30. The number of carboxylic acids is 1. The van der Waals surface area contributed by atoms with Crippen LogP contribution in [0.15, 0.2) is 43.0 Å². The number of carbonyl (C=O) groups excluding carboxylic acids is 1. The van der Waals surface area contributed by atoms with Crippen molar-refractivity contribution in [3.63, 3.8) is 0 Å². The van der Waals surface area contributed by atoms with Crippen LogP contribution in [0, 0.1) is 18.8 Å². The number of amides is 1. The van der Waals surface area contributed by atoms with Crippen LogP contribution < -0.4 is 15.4 Å². The highest BCUT2D eigenvalue weighted by atomic mass is 35.5. The molecule has 1 saturated carbocycles. The number of nitrogens with one attached hydrogen (secondary N) is 2. The molecule has 170 valence electrons. The third kappa shape index (κ3) is 5.82. The van der Waals surface area contributed by atoms with Gasteiger partial charge in [0.1, 0.15) is 5.75 Å². The fourth-order valence-corrected chi connectivity index (χ4v) is 4.26. The van der Waals surface area contributed by atoms with Crippen molar-refractivity contribution in [3.05, 3.63) is 64.7 Å². The van der Waals surface area contributed by atoms with Gasteiger partial charge in [0.05, 0.1) is 23.7 Å². The van der Waals surface area contributed by atoms with Gasteiger partial charge in [-0.2, -0.15) is 0 Å². The number of aliphatic carboxylic acids is 1. The van der Waals surface area contributed by atoms with E-state index in [4.69, 9.17) is 21.4 Å². The van der Waals surface area contributed by atoms with Crippen LogP contribution >= 0.6 is 11.6 Å². The summed E-state index contributed by atoms with van der Waals surface area (Å²) in [5.41, 5.74) is 4.22. The van der Waals surface area contributed by atoms with Crippen molar-refractivity contribution in [2.45, 2.75) is 39.2 Å². The SMILES string of the molecule is C=C(NCc1ccc(OC)c(Cl)c1)c1cc(C)ccc1NC(=O)C1CCC(C(=O)O)CC1. The second kappa shape index (κ2) is 10.6. The van der Waals surface area contributed by atoms with Crippen molar-refractivity contribution in [2.24, 2.45) is 11.8 Å². The van der Waals surface area contributed by atoms with Crippen molar-refractivity contribution in [3.8, 4) is 5.75 Å². The predicted octanol–water partition coefficient (Wildman–Crippen LogP) is 5.25. The normalized spacial score (nSPS) is 18.0. The van der Waals surface area contributed by atoms with Crippen molar-refractivity contribution in [1.29, 1.82) is 0 Å². The number of benzene rings is 2. The van der Waals surface area contributed by atoms with Gasteiger partial charge in [-0.1, -0.05) is 35.9 Å². The molecule has 3 rings (SSSR count). The van der Waals surface area contributed by atoms with Crippen molar-refractivity contribution < 1.29 is 19.4 Å². The Balaban J connectivity index is 1.66. The van der Waals surface area contributed by atoms with Crippen LogP contribution in [0.3, 0.4) is 0 Å². The highest BCUT2D eigenvalue weighted by Gasteiger charge is 2.30. The van der Waals surface area contributed by atoms with E-state index in [1.807, 2.05) is 43.3 Å². The van der Waals surface area contributed by atoms with Crippen molar-refractivity contribution >= 4 is 34.9 Å². The maximum atomic E-state index is 12.8. The summed E-state index contributed by atoms with van der Waals surface area (Å²) in [5, 5.41) is 16.0. The molecule has 1 amide bonds. The average molecular weight is 457 g/mol. The standard InChI is InChI=1S/C25H29ClN2O4/c1-15-4-10-22(28-24(29)18-6-8-19(9-7-18)25(30)31)20(12-15)16(2)27-14-17-5-11-23(32-3)21(26)13-17/h4-5,10-13,18-19,27H,2,6-9,14H2,1,3H3,(H,28,29)(H,30,31). The molecule has 0 aliphatic heterocycles. The molecule has 0 saturated heterocycles. The first kappa shape index (κ1) is 23.7. The number of ether oxygens (including phenoxy) is 1. The Morgan fingerprint density at radius 3 is 2.44 bits per heavy atom. The largest absolute Gasteiger partial charge is 0.495 e. The minimum atomic E-state index is -0.773. The fourth-order valence-electron chi connectivity index (χ4n) is 3.98. The maximum absolute atomic E-state index is 12.8. The minimum absolute atomic E-state index is 0.0753. The second-order valence-electron chi connectivity index (χ2n) is 8.23. The van der Waals surface area contributed by atoms with E-state index in [9.17, 15) is 9.59 Å². The number of hydrogen-bond acceptors (Lipinski definition) is 4. The average Bonchev–Trinajstić information content (AvgIpc) is 2.78. The van der Waals surface area contributed by atoms with Gasteiger partial charge in [0.25, 0.3) is 0 Å². The number of methoxy groups -OCH3 is 1. The first-order chi connectivity index (χ1) is 15.3. The molecule has 0 heterocycles. The maximum Gasteiger partial charge on any atom is 0.306 e. The highest BCUT2D eigenvalue weighted by Crippen LogP contribution is 2.31. The van der Waals surface area contributed by atoms with Gasteiger partial charge in [-0.15, -0.1) is 0 Å². The van der Waals surface area contributed by atoms with Crippen LogP contribution in [0.1, 0.15) is 42.4 Å². The van der Waals surface area contributed by atoms with E-state index in [1.54, 1.807) is 7.11 Å². The number of halogens is 1. The van der Waals surface area contributed by atoms with Gasteiger partial charge in [0, 0.05) is 23.7 Å². The van der Waals surface area contributed by atoms with Gasteiger partial charge in [0.15, 0.2) is 0 Å². The molecule has 0 bridgehead atoms. The van der Waals surface area contributed by atoms with Crippen LogP contribution in [-0.2, 0) is 16.1 Å². The number of rotatable bonds is 8. The molecule has 0 unspecified atom stereocenters. The van der Waals surface area contributed by atoms with Gasteiger partial charge in [-0.05, 0) is 62.4 Å². The van der Waals surface area contributed by atoms with Crippen LogP contribution in [0.2, 0.25) is 5.02 Å². The molecule has 0 aromatic heterocycles. The molecule has 32 heavy (non-hydrogen) atoms. The Morgan fingerprint density at radius 2 is 1.81 bits per heavy atom. The van der Waals surface area contributed by atoms with E-state index in [1.165, 1.54) is 0 Å². The van der Waals surface area contributed by atoms with Crippen molar-refractivity contribution in [1.82, 2.24) is 5.32 Å². The third-order valence-corrected chi connectivity index (χ3v) is 6.22. The zero-order chi connectivity index (χ0) is 23.3. The van der Waals surface area contributed by atoms with Gasteiger partial charge in [-0.3, -0.25) is 9.59 Å². The molecule has 0 spiro atoms. The Kier molecular flexibility index (Phi) is 7.80. The van der Waals surface area contributed by atoms with Crippen LogP contribution in [0.4, 0.5) is 5.69 Å². The summed E-state index contributed by atoms with van der Waals surface area (Å²) in [5.74, 6) is -0.749. The molecule has 6 nitrogen and oxygen atoms in total. The number of anilines is 1. The van der Waals surface area contributed by atoms with Gasteiger partial charge in [-0.25, -0.2) is 0 Å². The molecule has 7 heteroatoms. The zero-order valence-electron chi connectivity index (χ0n) is 18.4. The van der Waals surface area contributed by atoms with Crippen LogP contribution in [0.25, 0.3) is 5.70 Å².